The van der Waals surface area contributed by atoms with Gasteiger partial charge in [-0.3, -0.25) is 0 Å². The topological polar surface area (TPSA) is 50.9 Å². The molecule has 16 heavy (non-hydrogen) atoms. The fourth-order valence-corrected chi connectivity index (χ4v) is 2.41. The van der Waals surface area contributed by atoms with E-state index in [0.717, 1.165) is 11.9 Å². The van der Waals surface area contributed by atoms with E-state index >= 15 is 0 Å². The molecule has 1 saturated heterocycles. The molecule has 1 aromatic heterocycles. The van der Waals surface area contributed by atoms with Crippen molar-refractivity contribution in [3.8, 4) is 0 Å². The van der Waals surface area contributed by atoms with Crippen molar-refractivity contribution in [2.75, 3.05) is 12.3 Å². The van der Waals surface area contributed by atoms with Crippen LogP contribution in [0.3, 0.4) is 0 Å². The molecule has 1 aliphatic rings. The van der Waals surface area contributed by atoms with E-state index in [-0.39, 0.29) is 0 Å². The van der Waals surface area contributed by atoms with Crippen molar-refractivity contribution in [2.45, 2.75) is 18.9 Å². The lowest BCUT2D eigenvalue weighted by Gasteiger charge is -2.11. The van der Waals surface area contributed by atoms with Gasteiger partial charge in [0, 0.05) is 17.6 Å². The zero-order valence-corrected chi connectivity index (χ0v) is 9.11. The predicted molar refractivity (Wildman–Crippen MR) is 66.1 cm³/mol. The Morgan fingerprint density at radius 1 is 1.31 bits per heavy atom. The minimum atomic E-state index is 0.513. The van der Waals surface area contributed by atoms with E-state index in [9.17, 15) is 0 Å². The molecule has 1 atom stereocenters. The first-order valence-electron chi connectivity index (χ1n) is 5.72. The largest absolute Gasteiger partial charge is 0.383 e. The highest BCUT2D eigenvalue weighted by Gasteiger charge is 2.16. The Balaban J connectivity index is 2.08. The molecule has 2 heterocycles. The van der Waals surface area contributed by atoms with Crippen LogP contribution >= 0.6 is 0 Å². The van der Waals surface area contributed by atoms with Crippen LogP contribution in [0.2, 0.25) is 0 Å². The molecule has 0 unspecified atom stereocenters. The van der Waals surface area contributed by atoms with Crippen LogP contribution in [0.4, 0.5) is 5.82 Å². The summed E-state index contributed by atoms with van der Waals surface area (Å²) in [4.78, 5) is 4.10. The van der Waals surface area contributed by atoms with Gasteiger partial charge in [-0.2, -0.15) is 0 Å². The van der Waals surface area contributed by atoms with E-state index in [1.807, 2.05) is 6.07 Å². The fourth-order valence-electron chi connectivity index (χ4n) is 2.41. The predicted octanol–water partition coefficient (Wildman–Crippen LogP) is 2.24. The van der Waals surface area contributed by atoms with Crippen LogP contribution in [0, 0.1) is 0 Å². The van der Waals surface area contributed by atoms with Crippen LogP contribution in [0.25, 0.3) is 10.8 Å². The monoisotopic (exact) mass is 213 g/mol. The molecule has 0 radical (unpaired) electrons. The first-order chi connectivity index (χ1) is 7.84. The first kappa shape index (κ1) is 9.60. The standard InChI is InChI=1S/C13H15N3/c14-13-11-4-3-10(12-2-1-6-15-12)8-9(11)5-7-16-13/h3-5,7-8,12,15H,1-2,6H2,(H2,14,16)/t12-/m0/s1. The third kappa shape index (κ3) is 1.53. The van der Waals surface area contributed by atoms with Crippen LogP contribution in [-0.2, 0) is 0 Å². The number of fused-ring (bicyclic) bond motifs is 1. The summed E-state index contributed by atoms with van der Waals surface area (Å²) in [5.74, 6) is 0.614. The molecule has 82 valence electrons. The zero-order valence-electron chi connectivity index (χ0n) is 9.11. The van der Waals surface area contributed by atoms with Gasteiger partial charge in [-0.15, -0.1) is 0 Å². The Labute approximate surface area is 94.7 Å². The highest BCUT2D eigenvalue weighted by Crippen LogP contribution is 2.27. The summed E-state index contributed by atoms with van der Waals surface area (Å²) < 4.78 is 0. The van der Waals surface area contributed by atoms with Gasteiger partial charge < -0.3 is 11.1 Å². The van der Waals surface area contributed by atoms with Crippen LogP contribution in [-0.4, -0.2) is 11.5 Å². The maximum Gasteiger partial charge on any atom is 0.131 e. The van der Waals surface area contributed by atoms with Crippen LogP contribution < -0.4 is 11.1 Å². The second-order valence-corrected chi connectivity index (χ2v) is 4.33. The summed E-state index contributed by atoms with van der Waals surface area (Å²) in [5, 5.41) is 5.73. The average Bonchev–Trinajstić information content (AvgIpc) is 2.82. The van der Waals surface area contributed by atoms with Crippen LogP contribution in [0.5, 0.6) is 0 Å². The Morgan fingerprint density at radius 3 is 3.06 bits per heavy atom. The molecule has 0 spiro atoms. The summed E-state index contributed by atoms with van der Waals surface area (Å²) in [7, 11) is 0. The molecule has 3 rings (SSSR count). The van der Waals surface area contributed by atoms with Gasteiger partial charge in [0.1, 0.15) is 5.82 Å². The van der Waals surface area contributed by atoms with Crippen LogP contribution in [0.1, 0.15) is 24.4 Å². The molecule has 0 amide bonds. The fraction of sp³-hybridized carbons (Fsp3) is 0.308. The third-order valence-electron chi connectivity index (χ3n) is 3.28. The number of aromatic nitrogens is 1. The van der Waals surface area contributed by atoms with E-state index in [4.69, 9.17) is 5.73 Å². The molecule has 3 heteroatoms. The quantitative estimate of drug-likeness (QED) is 0.763. The second-order valence-electron chi connectivity index (χ2n) is 4.33. The third-order valence-corrected chi connectivity index (χ3v) is 3.28. The van der Waals surface area contributed by atoms with E-state index in [1.165, 1.54) is 23.8 Å². The summed E-state index contributed by atoms with van der Waals surface area (Å²) in [6.07, 6.45) is 4.26. The Kier molecular flexibility index (Phi) is 2.26. The van der Waals surface area contributed by atoms with Gasteiger partial charge in [-0.05, 0) is 42.5 Å². The number of pyridine rings is 1. The minimum Gasteiger partial charge on any atom is -0.383 e. The minimum absolute atomic E-state index is 0.513. The highest BCUT2D eigenvalue weighted by atomic mass is 14.9. The first-order valence-corrected chi connectivity index (χ1v) is 5.72. The summed E-state index contributed by atoms with van der Waals surface area (Å²) in [6.45, 7) is 1.13. The summed E-state index contributed by atoms with van der Waals surface area (Å²) in [6, 6.07) is 8.98. The number of nitrogen functional groups attached to an aromatic ring is 1. The van der Waals surface area contributed by atoms with Gasteiger partial charge in [0.15, 0.2) is 0 Å². The Morgan fingerprint density at radius 2 is 2.25 bits per heavy atom. The highest BCUT2D eigenvalue weighted by molar-refractivity contribution is 5.91. The molecule has 0 aliphatic carbocycles. The van der Waals surface area contributed by atoms with E-state index in [0.29, 0.717) is 11.9 Å². The van der Waals surface area contributed by atoms with Crippen molar-refractivity contribution >= 4 is 16.6 Å². The lowest BCUT2D eigenvalue weighted by Crippen LogP contribution is -2.12. The molecular weight excluding hydrogens is 198 g/mol. The van der Waals surface area contributed by atoms with Gasteiger partial charge in [0.25, 0.3) is 0 Å². The maximum absolute atomic E-state index is 5.83. The Bertz CT molecular complexity index is 516. The Hall–Kier alpha value is -1.61. The molecule has 1 fully saturated rings. The summed E-state index contributed by atoms with van der Waals surface area (Å²) in [5.41, 5.74) is 7.19. The number of hydrogen-bond acceptors (Lipinski definition) is 3. The molecule has 1 aliphatic heterocycles. The van der Waals surface area contributed by atoms with Gasteiger partial charge in [-0.1, -0.05) is 12.1 Å². The number of nitrogens with two attached hydrogens (primary N) is 1. The number of hydrogen-bond donors (Lipinski definition) is 2. The van der Waals surface area contributed by atoms with Gasteiger partial charge >= 0.3 is 0 Å². The maximum atomic E-state index is 5.83. The van der Waals surface area contributed by atoms with Gasteiger partial charge in [0.05, 0.1) is 0 Å². The lowest BCUT2D eigenvalue weighted by atomic mass is 10.0. The smallest absolute Gasteiger partial charge is 0.131 e. The van der Waals surface area contributed by atoms with E-state index < -0.39 is 0 Å². The summed E-state index contributed by atoms with van der Waals surface area (Å²) >= 11 is 0. The average molecular weight is 213 g/mol. The number of nitrogens with one attached hydrogen (secondary N) is 1. The lowest BCUT2D eigenvalue weighted by molar-refractivity contribution is 0.648. The molecule has 3 N–H and O–H groups in total. The molecular formula is C13H15N3. The van der Waals surface area contributed by atoms with Crippen molar-refractivity contribution in [2.24, 2.45) is 0 Å². The number of benzene rings is 1. The van der Waals surface area contributed by atoms with E-state index in [2.05, 4.69) is 28.5 Å². The van der Waals surface area contributed by atoms with Crippen molar-refractivity contribution in [3.63, 3.8) is 0 Å². The van der Waals surface area contributed by atoms with Crippen molar-refractivity contribution in [3.05, 3.63) is 36.0 Å². The molecule has 2 aromatic rings. The van der Waals surface area contributed by atoms with Crippen molar-refractivity contribution in [1.29, 1.82) is 0 Å². The van der Waals surface area contributed by atoms with Gasteiger partial charge in [-0.25, -0.2) is 4.98 Å². The molecule has 0 saturated carbocycles. The normalized spacial score (nSPS) is 20.4. The second kappa shape index (κ2) is 3.76. The van der Waals surface area contributed by atoms with Crippen LogP contribution in [0.15, 0.2) is 30.5 Å². The number of rotatable bonds is 1. The van der Waals surface area contributed by atoms with Crippen molar-refractivity contribution < 1.29 is 0 Å². The van der Waals surface area contributed by atoms with Crippen molar-refractivity contribution in [1.82, 2.24) is 10.3 Å². The SMILES string of the molecule is Nc1nccc2cc([C@@H]3CCCN3)ccc12. The van der Waals surface area contributed by atoms with Gasteiger partial charge in [0.2, 0.25) is 0 Å². The zero-order chi connectivity index (χ0) is 11.0. The molecule has 0 bridgehead atoms. The number of nitrogens with zero attached hydrogens (tertiary/aromatic N) is 1. The molecule has 1 aromatic carbocycles. The number of anilines is 1. The molecule has 3 nitrogen and oxygen atoms in total. The van der Waals surface area contributed by atoms with E-state index in [1.54, 1.807) is 6.20 Å².